The Kier molecular flexibility index (Phi) is 8.86. The van der Waals surface area contributed by atoms with Gasteiger partial charge in [0.2, 0.25) is 0 Å². The number of nitrogens with zero attached hydrogens (tertiary/aromatic N) is 2. The Bertz CT molecular complexity index is 1290. The maximum atomic E-state index is 11.6. The highest BCUT2D eigenvalue weighted by molar-refractivity contribution is 5.98. The lowest BCUT2D eigenvalue weighted by Crippen LogP contribution is -2.29. The van der Waals surface area contributed by atoms with Gasteiger partial charge < -0.3 is 19.4 Å². The lowest BCUT2D eigenvalue weighted by atomic mass is 10.1. The molecule has 0 aliphatic carbocycles. The maximum Gasteiger partial charge on any atom is 0.345 e. The van der Waals surface area contributed by atoms with Crippen molar-refractivity contribution in [2.75, 3.05) is 13.2 Å². The van der Waals surface area contributed by atoms with Crippen LogP contribution in [-0.4, -0.2) is 41.1 Å². The van der Waals surface area contributed by atoms with E-state index in [1.165, 1.54) is 0 Å². The third-order valence-corrected chi connectivity index (χ3v) is 5.55. The lowest BCUT2D eigenvalue weighted by molar-refractivity contribution is -0.145. The van der Waals surface area contributed by atoms with Crippen LogP contribution < -0.4 is 9.47 Å². The lowest BCUT2D eigenvalue weighted by Gasteiger charge is -2.15. The fraction of sp³-hybridized carbons (Fsp3) is 0.167. The molecular formula is C30H28N2O5. The first-order chi connectivity index (χ1) is 18.1. The SMILES string of the molecule is C/C(=N\OCCOc1ccc(CC(Oc2ccccc2)C(=O)O)cc1)c1ccc(-c2ccccn2)cc1. The zero-order valence-corrected chi connectivity index (χ0v) is 20.5. The van der Waals surface area contributed by atoms with Crippen LogP contribution in [0.2, 0.25) is 0 Å². The summed E-state index contributed by atoms with van der Waals surface area (Å²) < 4.78 is 11.3. The number of aromatic nitrogens is 1. The predicted molar refractivity (Wildman–Crippen MR) is 142 cm³/mol. The summed E-state index contributed by atoms with van der Waals surface area (Å²) in [6, 6.07) is 30.0. The number of rotatable bonds is 12. The summed E-state index contributed by atoms with van der Waals surface area (Å²) >= 11 is 0. The quantitative estimate of drug-likeness (QED) is 0.155. The number of ether oxygens (including phenoxy) is 2. The van der Waals surface area contributed by atoms with Crippen LogP contribution in [-0.2, 0) is 16.1 Å². The average Bonchev–Trinajstić information content (AvgIpc) is 2.94. The van der Waals surface area contributed by atoms with Gasteiger partial charge in [0.25, 0.3) is 0 Å². The molecule has 0 amide bonds. The number of carboxylic acid groups (broad SMARTS) is 1. The molecule has 1 aromatic heterocycles. The van der Waals surface area contributed by atoms with E-state index in [1.54, 1.807) is 42.6 Å². The molecule has 0 saturated heterocycles. The van der Waals surface area contributed by atoms with Crippen LogP contribution in [0.25, 0.3) is 11.3 Å². The normalized spacial score (nSPS) is 12.0. The van der Waals surface area contributed by atoms with Crippen LogP contribution in [0, 0.1) is 0 Å². The molecule has 1 unspecified atom stereocenters. The highest BCUT2D eigenvalue weighted by Crippen LogP contribution is 2.18. The van der Waals surface area contributed by atoms with Gasteiger partial charge in [-0.25, -0.2) is 4.79 Å². The van der Waals surface area contributed by atoms with Gasteiger partial charge in [-0.15, -0.1) is 0 Å². The molecule has 3 aromatic carbocycles. The Labute approximate surface area is 216 Å². The van der Waals surface area contributed by atoms with Gasteiger partial charge in [-0.2, -0.15) is 0 Å². The molecule has 0 spiro atoms. The Morgan fingerprint density at radius 2 is 1.59 bits per heavy atom. The highest BCUT2D eigenvalue weighted by atomic mass is 16.6. The number of pyridine rings is 1. The number of hydrogen-bond acceptors (Lipinski definition) is 6. The molecule has 0 aliphatic rings. The third kappa shape index (κ3) is 7.67. The standard InChI is InChI=1S/C30H28N2O5/c1-22(24-12-14-25(15-13-24)28-9-5-6-18-31-28)32-36-20-19-35-26-16-10-23(11-17-26)21-29(30(33)34)37-27-7-3-2-4-8-27/h2-18,29H,19-21H2,1H3,(H,33,34)/b32-22+. The van der Waals surface area contributed by atoms with Crippen molar-refractivity contribution in [2.24, 2.45) is 5.16 Å². The Hall–Kier alpha value is -4.65. The summed E-state index contributed by atoms with van der Waals surface area (Å²) in [5, 5.41) is 13.7. The van der Waals surface area contributed by atoms with Crippen LogP contribution in [0.1, 0.15) is 18.1 Å². The number of hydrogen-bond donors (Lipinski definition) is 1. The van der Waals surface area contributed by atoms with Gasteiger partial charge in [0.1, 0.15) is 18.1 Å². The molecule has 188 valence electrons. The van der Waals surface area contributed by atoms with Crippen molar-refractivity contribution in [3.63, 3.8) is 0 Å². The van der Waals surface area contributed by atoms with Gasteiger partial charge >= 0.3 is 5.97 Å². The smallest absolute Gasteiger partial charge is 0.345 e. The Balaban J connectivity index is 1.21. The number of carboxylic acids is 1. The van der Waals surface area contributed by atoms with Gasteiger partial charge in [-0.1, -0.05) is 65.8 Å². The first-order valence-corrected chi connectivity index (χ1v) is 11.9. The molecule has 0 radical (unpaired) electrons. The topological polar surface area (TPSA) is 90.2 Å². The van der Waals surface area contributed by atoms with Gasteiger partial charge in [0, 0.05) is 18.2 Å². The van der Waals surface area contributed by atoms with Gasteiger partial charge in [0.15, 0.2) is 12.7 Å². The number of aliphatic carboxylic acids is 1. The van der Waals surface area contributed by atoms with Crippen LogP contribution >= 0.6 is 0 Å². The molecule has 7 nitrogen and oxygen atoms in total. The zero-order valence-electron chi connectivity index (χ0n) is 20.5. The highest BCUT2D eigenvalue weighted by Gasteiger charge is 2.20. The van der Waals surface area contributed by atoms with Crippen molar-refractivity contribution in [1.29, 1.82) is 0 Å². The van der Waals surface area contributed by atoms with E-state index in [9.17, 15) is 9.90 Å². The third-order valence-electron chi connectivity index (χ3n) is 5.55. The van der Waals surface area contributed by atoms with E-state index < -0.39 is 12.1 Å². The summed E-state index contributed by atoms with van der Waals surface area (Å²) in [5.41, 5.74) is 4.53. The average molecular weight is 497 g/mol. The molecule has 0 fully saturated rings. The minimum atomic E-state index is -1.01. The van der Waals surface area contributed by atoms with Gasteiger partial charge in [-0.3, -0.25) is 4.98 Å². The van der Waals surface area contributed by atoms with Crippen molar-refractivity contribution >= 4 is 11.7 Å². The van der Waals surface area contributed by atoms with Crippen LogP contribution in [0.4, 0.5) is 0 Å². The van der Waals surface area contributed by atoms with Crippen LogP contribution in [0.5, 0.6) is 11.5 Å². The summed E-state index contributed by atoms with van der Waals surface area (Å²) in [7, 11) is 0. The molecular weight excluding hydrogens is 468 g/mol. The molecule has 0 saturated carbocycles. The van der Waals surface area contributed by atoms with Crippen LogP contribution in [0.15, 0.2) is 108 Å². The van der Waals surface area contributed by atoms with E-state index in [2.05, 4.69) is 10.1 Å². The van der Waals surface area contributed by atoms with Crippen molar-refractivity contribution in [3.8, 4) is 22.8 Å². The zero-order chi connectivity index (χ0) is 25.9. The summed E-state index contributed by atoms with van der Waals surface area (Å²) in [6.45, 7) is 2.50. The second kappa shape index (κ2) is 12.9. The predicted octanol–water partition coefficient (Wildman–Crippen LogP) is 5.64. The first kappa shape index (κ1) is 25.4. The summed E-state index contributed by atoms with van der Waals surface area (Å²) in [6.07, 6.45) is 1.04. The second-order valence-electron chi connectivity index (χ2n) is 8.26. The molecule has 4 rings (SSSR count). The number of oxime groups is 1. The molecule has 0 aliphatic heterocycles. The van der Waals surface area contributed by atoms with E-state index in [4.69, 9.17) is 14.3 Å². The molecule has 4 aromatic rings. The van der Waals surface area contributed by atoms with Crippen LogP contribution in [0.3, 0.4) is 0 Å². The van der Waals surface area contributed by atoms with E-state index >= 15 is 0 Å². The fourth-order valence-electron chi connectivity index (χ4n) is 3.59. The first-order valence-electron chi connectivity index (χ1n) is 11.9. The number of para-hydroxylation sites is 1. The van der Waals surface area contributed by atoms with E-state index in [0.717, 1.165) is 28.1 Å². The second-order valence-corrected chi connectivity index (χ2v) is 8.26. The minimum Gasteiger partial charge on any atom is -0.490 e. The summed E-state index contributed by atoms with van der Waals surface area (Å²) in [5.74, 6) is 0.171. The van der Waals surface area contributed by atoms with Crippen molar-refractivity contribution in [3.05, 3.63) is 114 Å². The Morgan fingerprint density at radius 3 is 2.27 bits per heavy atom. The fourth-order valence-corrected chi connectivity index (χ4v) is 3.59. The van der Waals surface area contributed by atoms with E-state index in [1.807, 2.05) is 67.6 Å². The summed E-state index contributed by atoms with van der Waals surface area (Å²) in [4.78, 5) is 21.4. The maximum absolute atomic E-state index is 11.6. The molecule has 37 heavy (non-hydrogen) atoms. The molecule has 0 bridgehead atoms. The molecule has 1 heterocycles. The minimum absolute atomic E-state index is 0.241. The number of benzene rings is 3. The molecule has 1 atom stereocenters. The van der Waals surface area contributed by atoms with Gasteiger partial charge in [0.05, 0.1) is 11.4 Å². The molecule has 7 heteroatoms. The monoisotopic (exact) mass is 496 g/mol. The van der Waals surface area contributed by atoms with Crippen molar-refractivity contribution in [1.82, 2.24) is 4.98 Å². The number of carbonyl (C=O) groups is 1. The van der Waals surface area contributed by atoms with E-state index in [0.29, 0.717) is 18.1 Å². The van der Waals surface area contributed by atoms with Gasteiger partial charge in [-0.05, 0) is 54.4 Å². The Morgan fingerprint density at radius 1 is 0.865 bits per heavy atom. The largest absolute Gasteiger partial charge is 0.490 e. The van der Waals surface area contributed by atoms with Crippen molar-refractivity contribution in [2.45, 2.75) is 19.4 Å². The molecule has 1 N–H and O–H groups in total. The van der Waals surface area contributed by atoms with Crippen molar-refractivity contribution < 1.29 is 24.2 Å². The van der Waals surface area contributed by atoms with E-state index in [-0.39, 0.29) is 13.0 Å².